The number of aryl methyl sites for hydroxylation is 1. The van der Waals surface area contributed by atoms with E-state index in [4.69, 9.17) is 0 Å². The lowest BCUT2D eigenvalue weighted by molar-refractivity contribution is -0.494. The van der Waals surface area contributed by atoms with Crippen molar-refractivity contribution < 1.29 is 22.3 Å². The summed E-state index contributed by atoms with van der Waals surface area (Å²) in [5.74, 6) is 0. The number of rotatable bonds is 2. The summed E-state index contributed by atoms with van der Waals surface area (Å²) >= 11 is 3.62. The Labute approximate surface area is 139 Å². The van der Waals surface area contributed by atoms with Gasteiger partial charge in [-0.1, -0.05) is 18.2 Å². The molecule has 2 heterocycles. The summed E-state index contributed by atoms with van der Waals surface area (Å²) in [6.07, 6.45) is 6.07. The Morgan fingerprint density at radius 1 is 1.26 bits per heavy atom. The van der Waals surface area contributed by atoms with Crippen molar-refractivity contribution in [3.8, 4) is 0 Å². The highest BCUT2D eigenvalue weighted by molar-refractivity contribution is 9.11. The fourth-order valence-electron chi connectivity index (χ4n) is 2.42. The van der Waals surface area contributed by atoms with E-state index in [1.54, 1.807) is 0 Å². The van der Waals surface area contributed by atoms with Crippen LogP contribution < -0.4 is 10.3 Å². The lowest BCUT2D eigenvalue weighted by atomic mass is 10.1. The Kier molecular flexibility index (Phi) is 5.51. The summed E-state index contributed by atoms with van der Waals surface area (Å²) < 4.78 is 42.4. The van der Waals surface area contributed by atoms with Crippen LogP contribution in [0.2, 0.25) is 0 Å². The number of halogens is 5. The van der Waals surface area contributed by atoms with Crippen molar-refractivity contribution in [2.24, 2.45) is 0 Å². The van der Waals surface area contributed by atoms with E-state index in [0.717, 1.165) is 11.0 Å². The molecule has 3 nitrogen and oxygen atoms in total. The first-order valence-electron chi connectivity index (χ1n) is 6.95. The van der Waals surface area contributed by atoms with E-state index in [0.29, 0.717) is 0 Å². The van der Waals surface area contributed by atoms with Crippen LogP contribution in [0.4, 0.5) is 17.3 Å². The minimum absolute atomic E-state index is 0.184. The number of hydrogen-bond acceptors (Lipinski definition) is 1. The predicted molar refractivity (Wildman–Crippen MR) is 87.7 cm³/mol. The maximum atomic E-state index is 9.75. The van der Waals surface area contributed by atoms with Crippen LogP contribution >= 0.6 is 15.9 Å². The van der Waals surface area contributed by atoms with Crippen LogP contribution in [-0.4, -0.2) is 18.2 Å². The van der Waals surface area contributed by atoms with Crippen LogP contribution in [0.25, 0.3) is 10.9 Å². The van der Waals surface area contributed by atoms with E-state index in [9.17, 15) is 17.3 Å². The van der Waals surface area contributed by atoms with E-state index < -0.39 is 7.25 Å². The number of nitrogens with one attached hydrogen (secondary N) is 2. The van der Waals surface area contributed by atoms with Crippen LogP contribution in [0.5, 0.6) is 0 Å². The topological polar surface area (TPSA) is 30.9 Å². The van der Waals surface area contributed by atoms with E-state index >= 15 is 0 Å². The first-order chi connectivity index (χ1) is 10.8. The number of nitrogens with zero attached hydrogens (tertiary/aromatic N) is 1. The smallest absolute Gasteiger partial charge is 0.418 e. The van der Waals surface area contributed by atoms with Gasteiger partial charge in [0.25, 0.3) is 0 Å². The molecule has 0 radical (unpaired) electrons. The average molecular weight is 392 g/mol. The van der Waals surface area contributed by atoms with Crippen LogP contribution in [0.1, 0.15) is 18.5 Å². The van der Waals surface area contributed by atoms with Gasteiger partial charge >= 0.3 is 7.25 Å². The molecule has 0 amide bonds. The number of para-hydroxylation sites is 1. The van der Waals surface area contributed by atoms with Gasteiger partial charge in [0, 0.05) is 29.2 Å². The third-order valence-corrected chi connectivity index (χ3v) is 3.99. The second kappa shape index (κ2) is 7.20. The molecular formula is C14H15BBrF4N3. The van der Waals surface area contributed by atoms with Crippen molar-refractivity contribution >= 4 is 40.4 Å². The van der Waals surface area contributed by atoms with Gasteiger partial charge in [-0.05, 0) is 28.9 Å². The number of benzene rings is 1. The normalized spacial score (nSPS) is 17.3. The Bertz CT molecular complexity index is 733. The van der Waals surface area contributed by atoms with Crippen LogP contribution in [0.15, 0.2) is 41.1 Å². The van der Waals surface area contributed by atoms with Crippen molar-refractivity contribution in [1.29, 1.82) is 0 Å². The highest BCUT2D eigenvalue weighted by Crippen LogP contribution is 2.30. The molecule has 0 bridgehead atoms. The van der Waals surface area contributed by atoms with Crippen molar-refractivity contribution in [3.63, 3.8) is 0 Å². The Hall–Kier alpha value is -1.77. The van der Waals surface area contributed by atoms with Gasteiger partial charge in [0.1, 0.15) is 6.20 Å². The van der Waals surface area contributed by atoms with Gasteiger partial charge < -0.3 is 21.8 Å². The van der Waals surface area contributed by atoms with E-state index in [2.05, 4.69) is 68.2 Å². The molecule has 23 heavy (non-hydrogen) atoms. The maximum Gasteiger partial charge on any atom is 0.673 e. The third-order valence-electron chi connectivity index (χ3n) is 3.30. The standard InChI is InChI=1S/C14H14BrN3.BF4/c1-2-18-8-11(10-5-3-4-6-13(10)18)14-12(15)7-16-9-17-14;2-1(3,4)5/h3-9,14H,2H2,1H3,(H,16,17);/q;-1/p+1. The molecule has 0 fully saturated rings. The summed E-state index contributed by atoms with van der Waals surface area (Å²) in [5, 5.41) is 4.35. The summed E-state index contributed by atoms with van der Waals surface area (Å²) in [6.45, 7) is 3.15. The molecule has 3 rings (SSSR count). The summed E-state index contributed by atoms with van der Waals surface area (Å²) in [7, 11) is -6.00. The van der Waals surface area contributed by atoms with Crippen molar-refractivity contribution in [1.82, 2.24) is 9.88 Å². The molecule has 2 N–H and O–H groups in total. The molecule has 1 aliphatic heterocycles. The molecule has 0 aliphatic carbocycles. The van der Waals surface area contributed by atoms with Gasteiger partial charge in [-0.25, -0.2) is 0 Å². The Morgan fingerprint density at radius 2 is 1.91 bits per heavy atom. The molecule has 1 aliphatic rings. The van der Waals surface area contributed by atoms with Gasteiger partial charge in [0.05, 0.1) is 4.48 Å². The molecule has 0 spiro atoms. The first-order valence-corrected chi connectivity index (χ1v) is 7.75. The Balaban J connectivity index is 0.000000338. The minimum Gasteiger partial charge on any atom is -0.418 e. The fourth-order valence-corrected chi connectivity index (χ4v) is 2.93. The van der Waals surface area contributed by atoms with Gasteiger partial charge in [-0.3, -0.25) is 10.3 Å². The molecule has 1 atom stereocenters. The van der Waals surface area contributed by atoms with E-state index in [-0.39, 0.29) is 6.04 Å². The molecule has 124 valence electrons. The van der Waals surface area contributed by atoms with Crippen LogP contribution in [0.3, 0.4) is 0 Å². The predicted octanol–water partition coefficient (Wildman–Crippen LogP) is 2.95. The maximum absolute atomic E-state index is 9.75. The first kappa shape index (κ1) is 17.6. The van der Waals surface area contributed by atoms with E-state index in [1.807, 2.05) is 12.5 Å². The number of fused-ring (bicyclic) bond motifs is 1. The highest BCUT2D eigenvalue weighted by atomic mass is 79.9. The van der Waals surface area contributed by atoms with Crippen molar-refractivity contribution in [3.05, 3.63) is 46.7 Å². The summed E-state index contributed by atoms with van der Waals surface area (Å²) in [6, 6.07) is 8.72. The number of hydrogen-bond donors (Lipinski definition) is 2. The summed E-state index contributed by atoms with van der Waals surface area (Å²) in [5.41, 5.74) is 2.59. The third kappa shape index (κ3) is 4.60. The molecular weight excluding hydrogens is 377 g/mol. The molecule has 2 aromatic rings. The quantitative estimate of drug-likeness (QED) is 0.598. The van der Waals surface area contributed by atoms with Gasteiger partial charge in [0.15, 0.2) is 6.04 Å². The van der Waals surface area contributed by atoms with E-state index in [1.165, 1.54) is 16.5 Å². The van der Waals surface area contributed by atoms with Crippen LogP contribution in [0, 0.1) is 0 Å². The van der Waals surface area contributed by atoms with Crippen molar-refractivity contribution in [2.45, 2.75) is 19.5 Å². The molecule has 1 aromatic carbocycles. The minimum atomic E-state index is -6.00. The molecule has 1 unspecified atom stereocenters. The van der Waals surface area contributed by atoms with Crippen molar-refractivity contribution in [2.75, 3.05) is 0 Å². The SMILES string of the molecule is CCn1cc(C2[NH+]=CNC=C2Br)c2ccccc21.F[B-](F)(F)F. The Morgan fingerprint density at radius 3 is 2.52 bits per heavy atom. The fraction of sp³-hybridized carbons (Fsp3) is 0.214. The second-order valence-electron chi connectivity index (χ2n) is 4.82. The second-order valence-corrected chi connectivity index (χ2v) is 5.74. The molecule has 1 aromatic heterocycles. The van der Waals surface area contributed by atoms with Gasteiger partial charge in [-0.15, -0.1) is 0 Å². The number of aromatic nitrogens is 1. The lowest BCUT2D eigenvalue weighted by Gasteiger charge is -2.10. The summed E-state index contributed by atoms with van der Waals surface area (Å²) in [4.78, 5) is 3.35. The lowest BCUT2D eigenvalue weighted by Crippen LogP contribution is -2.74. The monoisotopic (exact) mass is 391 g/mol. The largest absolute Gasteiger partial charge is 0.673 e. The molecule has 0 saturated carbocycles. The highest BCUT2D eigenvalue weighted by Gasteiger charge is 2.23. The zero-order valence-corrected chi connectivity index (χ0v) is 13.8. The zero-order valence-electron chi connectivity index (χ0n) is 12.2. The molecule has 0 saturated heterocycles. The van der Waals surface area contributed by atoms with Gasteiger partial charge in [-0.2, -0.15) is 0 Å². The average Bonchev–Trinajstić information content (AvgIpc) is 2.85. The van der Waals surface area contributed by atoms with Crippen LogP contribution in [-0.2, 0) is 6.54 Å². The van der Waals surface area contributed by atoms with Gasteiger partial charge in [0.2, 0.25) is 6.34 Å². The molecule has 9 heteroatoms. The zero-order chi connectivity index (χ0) is 17.0.